The monoisotopic (exact) mass is 365 g/mol. The Morgan fingerprint density at radius 2 is 1.60 bits per heavy atom. The summed E-state index contributed by atoms with van der Waals surface area (Å²) in [7, 11) is 0. The summed E-state index contributed by atoms with van der Waals surface area (Å²) in [6, 6.07) is 0. The van der Waals surface area contributed by atoms with Gasteiger partial charge in [-0.3, -0.25) is 9.59 Å². The number of piperidine rings is 1. The fourth-order valence-corrected chi connectivity index (χ4v) is 3.12. The summed E-state index contributed by atoms with van der Waals surface area (Å²) in [5.74, 6) is -2.78. The summed E-state index contributed by atoms with van der Waals surface area (Å²) in [4.78, 5) is 39.3. The maximum absolute atomic E-state index is 12.6. The summed E-state index contributed by atoms with van der Waals surface area (Å²) in [5, 5.41) is 0. The van der Waals surface area contributed by atoms with E-state index in [1.165, 1.54) is 4.90 Å². The van der Waals surface area contributed by atoms with Crippen LogP contribution in [0.25, 0.3) is 0 Å². The van der Waals surface area contributed by atoms with Crippen molar-refractivity contribution in [3.05, 3.63) is 0 Å². The Morgan fingerprint density at radius 3 is 2.16 bits per heavy atom. The lowest BCUT2D eigenvalue weighted by atomic mass is 9.96. The van der Waals surface area contributed by atoms with E-state index >= 15 is 0 Å². The van der Waals surface area contributed by atoms with Crippen molar-refractivity contribution in [3.63, 3.8) is 0 Å². The van der Waals surface area contributed by atoms with Crippen molar-refractivity contribution in [2.24, 2.45) is 5.92 Å². The van der Waals surface area contributed by atoms with Crippen LogP contribution in [0.1, 0.15) is 19.8 Å². The van der Waals surface area contributed by atoms with Gasteiger partial charge in [0.25, 0.3) is 0 Å². The third kappa shape index (κ3) is 4.76. The van der Waals surface area contributed by atoms with Crippen molar-refractivity contribution >= 4 is 17.9 Å². The molecule has 2 heterocycles. The molecule has 1 unspecified atom stereocenters. The van der Waals surface area contributed by atoms with Crippen molar-refractivity contribution < 1.29 is 32.3 Å². The van der Waals surface area contributed by atoms with E-state index in [0.717, 1.165) is 0 Å². The van der Waals surface area contributed by atoms with Gasteiger partial charge < -0.3 is 19.4 Å². The minimum Gasteiger partial charge on any atom is -0.450 e. The lowest BCUT2D eigenvalue weighted by Crippen LogP contribution is -2.55. The highest BCUT2D eigenvalue weighted by Gasteiger charge is 2.44. The Kier molecular flexibility index (Phi) is 6.12. The Morgan fingerprint density at radius 1 is 1.00 bits per heavy atom. The third-order valence-electron chi connectivity index (χ3n) is 4.42. The van der Waals surface area contributed by atoms with Crippen LogP contribution in [0.4, 0.5) is 18.0 Å². The van der Waals surface area contributed by atoms with Gasteiger partial charge >= 0.3 is 18.2 Å². The molecule has 142 valence electrons. The smallest absolute Gasteiger partial charge is 0.450 e. The first-order valence-electron chi connectivity index (χ1n) is 8.30. The highest BCUT2D eigenvalue weighted by molar-refractivity contribution is 5.84. The standard InChI is InChI=1S/C15H22F3N3O4/c1-2-25-14(24)20-8-6-19(7-9-20)12(22)11-4-3-5-21(10-11)13(23)15(16,17)18/h11H,2-10H2,1H3. The Bertz CT molecular complexity index is 519. The molecule has 1 atom stereocenters. The number of carbonyl (C=O) groups is 3. The van der Waals surface area contributed by atoms with Crippen LogP contribution in [0.5, 0.6) is 0 Å². The van der Waals surface area contributed by atoms with Gasteiger partial charge in [-0.2, -0.15) is 13.2 Å². The third-order valence-corrected chi connectivity index (χ3v) is 4.42. The maximum atomic E-state index is 12.6. The van der Waals surface area contributed by atoms with Gasteiger partial charge in [-0.25, -0.2) is 4.79 Å². The van der Waals surface area contributed by atoms with Crippen molar-refractivity contribution in [2.75, 3.05) is 45.9 Å². The molecule has 0 radical (unpaired) electrons. The summed E-state index contributed by atoms with van der Waals surface area (Å²) < 4.78 is 42.6. The lowest BCUT2D eigenvalue weighted by Gasteiger charge is -2.38. The fraction of sp³-hybridized carbons (Fsp3) is 0.800. The van der Waals surface area contributed by atoms with Gasteiger partial charge in [-0.15, -0.1) is 0 Å². The zero-order valence-corrected chi connectivity index (χ0v) is 14.0. The molecule has 7 nitrogen and oxygen atoms in total. The minimum atomic E-state index is -4.92. The summed E-state index contributed by atoms with van der Waals surface area (Å²) in [6.45, 7) is 3.03. The Balaban J connectivity index is 1.89. The van der Waals surface area contributed by atoms with E-state index in [9.17, 15) is 27.6 Å². The predicted molar refractivity (Wildman–Crippen MR) is 80.5 cm³/mol. The number of amides is 3. The maximum Gasteiger partial charge on any atom is 0.471 e. The van der Waals surface area contributed by atoms with E-state index in [-0.39, 0.29) is 25.6 Å². The van der Waals surface area contributed by atoms with Crippen LogP contribution < -0.4 is 0 Å². The number of rotatable bonds is 2. The van der Waals surface area contributed by atoms with Crippen LogP contribution in [0.3, 0.4) is 0 Å². The number of ether oxygens (including phenoxy) is 1. The fourth-order valence-electron chi connectivity index (χ4n) is 3.12. The molecule has 0 bridgehead atoms. The molecule has 10 heteroatoms. The van der Waals surface area contributed by atoms with Crippen LogP contribution in [0.15, 0.2) is 0 Å². The first kappa shape index (κ1) is 19.3. The van der Waals surface area contributed by atoms with E-state index in [4.69, 9.17) is 4.74 Å². The van der Waals surface area contributed by atoms with Gasteiger partial charge in [0.1, 0.15) is 0 Å². The van der Waals surface area contributed by atoms with Crippen LogP contribution in [-0.2, 0) is 14.3 Å². The largest absolute Gasteiger partial charge is 0.471 e. The molecular weight excluding hydrogens is 343 g/mol. The van der Waals surface area contributed by atoms with Crippen molar-refractivity contribution in [1.29, 1.82) is 0 Å². The average molecular weight is 365 g/mol. The van der Waals surface area contributed by atoms with Gasteiger partial charge in [-0.05, 0) is 19.8 Å². The van der Waals surface area contributed by atoms with Gasteiger partial charge in [0, 0.05) is 39.3 Å². The molecule has 2 aliphatic heterocycles. The van der Waals surface area contributed by atoms with Gasteiger partial charge in [0.2, 0.25) is 5.91 Å². The van der Waals surface area contributed by atoms with Crippen molar-refractivity contribution in [1.82, 2.24) is 14.7 Å². The number of alkyl halides is 3. The van der Waals surface area contributed by atoms with Crippen molar-refractivity contribution in [2.45, 2.75) is 25.9 Å². The molecule has 0 aliphatic carbocycles. The topological polar surface area (TPSA) is 70.2 Å². The number of piperazine rings is 1. The Labute approximate surface area is 143 Å². The van der Waals surface area contributed by atoms with Crippen LogP contribution in [0, 0.1) is 5.92 Å². The first-order chi connectivity index (χ1) is 11.7. The molecule has 2 saturated heterocycles. The van der Waals surface area contributed by atoms with Crippen molar-refractivity contribution in [3.8, 4) is 0 Å². The van der Waals surface area contributed by atoms with Gasteiger partial charge in [0.15, 0.2) is 0 Å². The highest BCUT2D eigenvalue weighted by atomic mass is 19.4. The zero-order chi connectivity index (χ0) is 18.6. The number of nitrogens with zero attached hydrogens (tertiary/aromatic N) is 3. The average Bonchev–Trinajstić information content (AvgIpc) is 2.60. The van der Waals surface area contributed by atoms with E-state index in [0.29, 0.717) is 43.9 Å². The molecule has 0 saturated carbocycles. The number of hydrogen-bond acceptors (Lipinski definition) is 4. The molecule has 3 amide bonds. The molecule has 2 fully saturated rings. The minimum absolute atomic E-state index is 0.0127. The summed E-state index contributed by atoms with van der Waals surface area (Å²) in [6.07, 6.45) is -4.54. The number of halogens is 3. The lowest BCUT2D eigenvalue weighted by molar-refractivity contribution is -0.187. The molecule has 25 heavy (non-hydrogen) atoms. The van der Waals surface area contributed by atoms with E-state index in [1.54, 1.807) is 11.8 Å². The number of likely N-dealkylation sites (tertiary alicyclic amines) is 1. The Hall–Kier alpha value is -2.00. The van der Waals surface area contributed by atoms with E-state index < -0.39 is 24.1 Å². The molecule has 2 rings (SSSR count). The second-order valence-corrected chi connectivity index (χ2v) is 6.10. The predicted octanol–water partition coefficient (Wildman–Crippen LogP) is 1.09. The van der Waals surface area contributed by atoms with Crippen LogP contribution in [-0.4, -0.2) is 84.7 Å². The van der Waals surface area contributed by atoms with Gasteiger partial charge in [0.05, 0.1) is 12.5 Å². The number of hydrogen-bond donors (Lipinski definition) is 0. The molecule has 0 aromatic heterocycles. The van der Waals surface area contributed by atoms with E-state index in [1.807, 2.05) is 0 Å². The SMILES string of the molecule is CCOC(=O)N1CCN(C(=O)C2CCCN(C(=O)C(F)(F)F)C2)CC1. The molecule has 0 spiro atoms. The van der Waals surface area contributed by atoms with E-state index in [2.05, 4.69) is 0 Å². The van der Waals surface area contributed by atoms with Gasteiger partial charge in [-0.1, -0.05) is 0 Å². The van der Waals surface area contributed by atoms with Crippen LogP contribution >= 0.6 is 0 Å². The first-order valence-corrected chi connectivity index (χ1v) is 8.30. The molecular formula is C15H22F3N3O4. The zero-order valence-electron chi connectivity index (χ0n) is 14.0. The molecule has 2 aliphatic rings. The molecule has 0 aromatic carbocycles. The second-order valence-electron chi connectivity index (χ2n) is 6.10. The summed E-state index contributed by atoms with van der Waals surface area (Å²) in [5.41, 5.74) is 0. The normalized spacial score (nSPS) is 21.9. The quantitative estimate of drug-likeness (QED) is 0.735. The second kappa shape index (κ2) is 7.92. The summed E-state index contributed by atoms with van der Waals surface area (Å²) >= 11 is 0. The number of carbonyl (C=O) groups excluding carboxylic acids is 3. The molecule has 0 aromatic rings. The molecule has 0 N–H and O–H groups in total. The van der Waals surface area contributed by atoms with Crippen LogP contribution in [0.2, 0.25) is 0 Å². The highest BCUT2D eigenvalue weighted by Crippen LogP contribution is 2.25.